The number of halogens is 3. The highest BCUT2D eigenvalue weighted by Gasteiger charge is 2.38. The van der Waals surface area contributed by atoms with Gasteiger partial charge in [0.2, 0.25) is 0 Å². The van der Waals surface area contributed by atoms with Crippen molar-refractivity contribution in [3.8, 4) is 0 Å². The minimum atomic E-state index is -4.35. The van der Waals surface area contributed by atoms with Crippen LogP contribution in [-0.2, 0) is 6.18 Å². The van der Waals surface area contributed by atoms with Gasteiger partial charge in [-0.15, -0.1) is 11.8 Å². The van der Waals surface area contributed by atoms with Crippen LogP contribution in [0.1, 0.15) is 31.7 Å². The van der Waals surface area contributed by atoms with E-state index in [9.17, 15) is 18.3 Å². The number of thioether (sulfide) groups is 1. The van der Waals surface area contributed by atoms with Crippen LogP contribution in [0.5, 0.6) is 0 Å². The summed E-state index contributed by atoms with van der Waals surface area (Å²) in [5.41, 5.74) is -1.50. The van der Waals surface area contributed by atoms with E-state index in [1.54, 1.807) is 6.92 Å². The summed E-state index contributed by atoms with van der Waals surface area (Å²) < 4.78 is 37.1. The van der Waals surface area contributed by atoms with E-state index in [1.165, 1.54) is 17.8 Å². The maximum absolute atomic E-state index is 12.4. The summed E-state index contributed by atoms with van der Waals surface area (Å²) in [5.74, 6) is 0. The van der Waals surface area contributed by atoms with Crippen molar-refractivity contribution in [2.24, 2.45) is 0 Å². The van der Waals surface area contributed by atoms with E-state index in [0.29, 0.717) is 5.03 Å². The van der Waals surface area contributed by atoms with Crippen LogP contribution >= 0.6 is 11.8 Å². The summed E-state index contributed by atoms with van der Waals surface area (Å²) in [4.78, 5) is 3.81. The average molecular weight is 277 g/mol. The van der Waals surface area contributed by atoms with Crippen LogP contribution in [0.15, 0.2) is 23.4 Å². The Hall–Kier alpha value is -0.750. The van der Waals surface area contributed by atoms with Crippen molar-refractivity contribution >= 4 is 11.8 Å². The fraction of sp³-hybridized carbons (Fsp3) is 0.583. The van der Waals surface area contributed by atoms with E-state index in [0.717, 1.165) is 31.5 Å². The maximum Gasteiger partial charge on any atom is 0.417 e. The molecule has 1 aromatic heterocycles. The van der Waals surface area contributed by atoms with Crippen LogP contribution in [-0.4, -0.2) is 20.9 Å². The van der Waals surface area contributed by atoms with Gasteiger partial charge in [0.25, 0.3) is 0 Å². The lowest BCUT2D eigenvalue weighted by Crippen LogP contribution is -2.31. The first kappa shape index (κ1) is 13.7. The number of aromatic nitrogens is 1. The Morgan fingerprint density at radius 2 is 2.17 bits per heavy atom. The van der Waals surface area contributed by atoms with E-state index >= 15 is 0 Å². The first-order valence-electron chi connectivity index (χ1n) is 5.71. The van der Waals surface area contributed by atoms with Gasteiger partial charge in [-0.2, -0.15) is 13.2 Å². The molecule has 0 aliphatic heterocycles. The van der Waals surface area contributed by atoms with Gasteiger partial charge >= 0.3 is 6.18 Å². The highest BCUT2D eigenvalue weighted by molar-refractivity contribution is 8.00. The summed E-state index contributed by atoms with van der Waals surface area (Å²) in [6.45, 7) is 1.77. The van der Waals surface area contributed by atoms with Crippen molar-refractivity contribution in [3.63, 3.8) is 0 Å². The molecule has 1 aliphatic rings. The smallest absolute Gasteiger partial charge is 0.389 e. The second-order valence-corrected chi connectivity index (χ2v) is 5.96. The average Bonchev–Trinajstić information content (AvgIpc) is 2.58. The highest BCUT2D eigenvalue weighted by atomic mass is 32.2. The minimum Gasteiger partial charge on any atom is -0.389 e. The number of alkyl halides is 3. The predicted molar refractivity (Wildman–Crippen MR) is 63.4 cm³/mol. The molecule has 18 heavy (non-hydrogen) atoms. The van der Waals surface area contributed by atoms with Gasteiger partial charge in [0.15, 0.2) is 0 Å². The summed E-state index contributed by atoms with van der Waals surface area (Å²) in [5, 5.41) is 10.6. The topological polar surface area (TPSA) is 33.1 Å². The van der Waals surface area contributed by atoms with Crippen molar-refractivity contribution in [1.29, 1.82) is 0 Å². The molecule has 1 fully saturated rings. The SMILES string of the molecule is CC1(O)CCCC1Sc1ccc(C(F)(F)F)cn1. The zero-order valence-corrected chi connectivity index (χ0v) is 10.7. The van der Waals surface area contributed by atoms with Gasteiger partial charge in [-0.05, 0) is 38.3 Å². The number of aliphatic hydroxyl groups is 1. The van der Waals surface area contributed by atoms with Crippen molar-refractivity contribution in [2.45, 2.75) is 48.2 Å². The van der Waals surface area contributed by atoms with E-state index in [1.807, 2.05) is 0 Å². The maximum atomic E-state index is 12.4. The van der Waals surface area contributed by atoms with Crippen LogP contribution in [0.2, 0.25) is 0 Å². The lowest BCUT2D eigenvalue weighted by atomic mass is 10.1. The standard InChI is InChI=1S/C12H14F3NOS/c1-11(17)6-2-3-9(11)18-10-5-4-8(7-16-10)12(13,14)15/h4-5,7,9,17H,2-3,6H2,1H3. The molecular formula is C12H14F3NOS. The summed E-state index contributed by atoms with van der Waals surface area (Å²) >= 11 is 1.35. The zero-order valence-electron chi connectivity index (χ0n) is 9.87. The normalized spacial score (nSPS) is 28.6. The number of pyridine rings is 1. The Kier molecular flexibility index (Phi) is 3.60. The zero-order chi connectivity index (χ0) is 13.4. The number of nitrogens with zero attached hydrogens (tertiary/aromatic N) is 1. The molecule has 1 saturated carbocycles. The molecule has 0 aromatic carbocycles. The Balaban J connectivity index is 2.07. The third kappa shape index (κ3) is 2.98. The number of hydrogen-bond acceptors (Lipinski definition) is 3. The van der Waals surface area contributed by atoms with E-state index in [2.05, 4.69) is 4.98 Å². The lowest BCUT2D eigenvalue weighted by molar-refractivity contribution is -0.137. The van der Waals surface area contributed by atoms with Crippen LogP contribution in [0.3, 0.4) is 0 Å². The number of hydrogen-bond donors (Lipinski definition) is 1. The van der Waals surface area contributed by atoms with E-state index in [-0.39, 0.29) is 5.25 Å². The van der Waals surface area contributed by atoms with Gasteiger partial charge in [0.05, 0.1) is 16.2 Å². The first-order chi connectivity index (χ1) is 8.29. The molecule has 0 bridgehead atoms. The molecule has 0 amide bonds. The third-order valence-electron chi connectivity index (χ3n) is 3.17. The molecule has 1 N–H and O–H groups in total. The quantitative estimate of drug-likeness (QED) is 0.898. The third-order valence-corrected chi connectivity index (χ3v) is 4.68. The lowest BCUT2D eigenvalue weighted by Gasteiger charge is -2.24. The second kappa shape index (κ2) is 4.74. The summed E-state index contributed by atoms with van der Waals surface area (Å²) in [6.07, 6.45) is -0.988. The van der Waals surface area contributed by atoms with Gasteiger partial charge < -0.3 is 5.11 Å². The predicted octanol–water partition coefficient (Wildman–Crippen LogP) is 3.50. The molecule has 1 heterocycles. The molecule has 100 valence electrons. The molecule has 6 heteroatoms. The molecule has 1 aliphatic carbocycles. The molecule has 1 aromatic rings. The van der Waals surface area contributed by atoms with Crippen LogP contribution in [0.25, 0.3) is 0 Å². The largest absolute Gasteiger partial charge is 0.417 e. The fourth-order valence-electron chi connectivity index (χ4n) is 2.07. The second-order valence-electron chi connectivity index (χ2n) is 4.74. The fourth-order valence-corrected chi connectivity index (χ4v) is 3.27. The molecular weight excluding hydrogens is 263 g/mol. The van der Waals surface area contributed by atoms with Crippen LogP contribution in [0, 0.1) is 0 Å². The van der Waals surface area contributed by atoms with Crippen molar-refractivity contribution < 1.29 is 18.3 Å². The van der Waals surface area contributed by atoms with Crippen LogP contribution in [0.4, 0.5) is 13.2 Å². The van der Waals surface area contributed by atoms with Gasteiger partial charge in [0.1, 0.15) is 0 Å². The molecule has 2 atom stereocenters. The van der Waals surface area contributed by atoms with Crippen LogP contribution < -0.4 is 0 Å². The molecule has 0 radical (unpaired) electrons. The van der Waals surface area contributed by atoms with Crippen molar-refractivity contribution in [2.75, 3.05) is 0 Å². The molecule has 2 rings (SSSR count). The molecule has 2 nitrogen and oxygen atoms in total. The molecule has 2 unspecified atom stereocenters. The minimum absolute atomic E-state index is 0.00161. The summed E-state index contributed by atoms with van der Waals surface area (Å²) in [6, 6.07) is 2.39. The molecule has 0 saturated heterocycles. The Morgan fingerprint density at radius 1 is 1.44 bits per heavy atom. The molecule has 0 spiro atoms. The Bertz CT molecular complexity index is 416. The van der Waals surface area contributed by atoms with Crippen molar-refractivity contribution in [3.05, 3.63) is 23.9 Å². The van der Waals surface area contributed by atoms with E-state index < -0.39 is 17.3 Å². The number of rotatable bonds is 2. The first-order valence-corrected chi connectivity index (χ1v) is 6.59. The Labute approximate surface area is 108 Å². The monoisotopic (exact) mass is 277 g/mol. The van der Waals surface area contributed by atoms with Gasteiger partial charge in [0, 0.05) is 11.4 Å². The van der Waals surface area contributed by atoms with Gasteiger partial charge in [-0.1, -0.05) is 0 Å². The highest BCUT2D eigenvalue weighted by Crippen LogP contribution is 2.41. The van der Waals surface area contributed by atoms with Crippen molar-refractivity contribution in [1.82, 2.24) is 4.98 Å². The van der Waals surface area contributed by atoms with Gasteiger partial charge in [-0.3, -0.25) is 0 Å². The van der Waals surface area contributed by atoms with E-state index in [4.69, 9.17) is 0 Å². The summed E-state index contributed by atoms with van der Waals surface area (Å²) in [7, 11) is 0. The van der Waals surface area contributed by atoms with Gasteiger partial charge in [-0.25, -0.2) is 4.98 Å². The Morgan fingerprint density at radius 3 is 2.61 bits per heavy atom.